The molecule has 29 heavy (non-hydrogen) atoms. The maximum Gasteiger partial charge on any atom is 0.266 e. The maximum atomic E-state index is 11.4. The van der Waals surface area contributed by atoms with Gasteiger partial charge in [0.05, 0.1) is 18.9 Å². The molecule has 0 saturated heterocycles. The van der Waals surface area contributed by atoms with E-state index in [-0.39, 0.29) is 12.5 Å². The highest BCUT2D eigenvalue weighted by Crippen LogP contribution is 2.19. The number of unbranched alkanes of at least 4 members (excludes halogenated alkanes) is 1. The molecule has 0 aliphatic carbocycles. The van der Waals surface area contributed by atoms with E-state index in [0.717, 1.165) is 50.0 Å². The Morgan fingerprint density at radius 1 is 0.966 bits per heavy atom. The van der Waals surface area contributed by atoms with Gasteiger partial charge in [0.15, 0.2) is 0 Å². The number of amides is 1. The van der Waals surface area contributed by atoms with Crippen LogP contribution in [0.5, 0.6) is 5.75 Å². The van der Waals surface area contributed by atoms with Crippen molar-refractivity contribution in [3.05, 3.63) is 77.5 Å². The van der Waals surface area contributed by atoms with Crippen molar-refractivity contribution in [3.8, 4) is 5.75 Å². The van der Waals surface area contributed by atoms with Gasteiger partial charge in [-0.3, -0.25) is 4.79 Å². The summed E-state index contributed by atoms with van der Waals surface area (Å²) >= 11 is 0. The second-order valence-corrected chi connectivity index (χ2v) is 6.93. The Bertz CT molecular complexity index is 789. The van der Waals surface area contributed by atoms with Gasteiger partial charge >= 0.3 is 0 Å². The van der Waals surface area contributed by atoms with Crippen LogP contribution in [0.3, 0.4) is 0 Å². The smallest absolute Gasteiger partial charge is 0.266 e. The number of para-hydroxylation sites is 1. The summed E-state index contributed by atoms with van der Waals surface area (Å²) in [6.07, 6.45) is 4.92. The van der Waals surface area contributed by atoms with Crippen molar-refractivity contribution >= 4 is 5.91 Å². The molecule has 0 saturated carbocycles. The number of aliphatic hydroxyl groups is 1. The van der Waals surface area contributed by atoms with Gasteiger partial charge in [0.1, 0.15) is 5.75 Å². The highest BCUT2D eigenvalue weighted by Gasteiger charge is 2.05. The number of nitrogens with one attached hydrogen (secondary N) is 2. The van der Waals surface area contributed by atoms with Gasteiger partial charge in [-0.2, -0.15) is 0 Å². The van der Waals surface area contributed by atoms with E-state index in [4.69, 9.17) is 4.74 Å². The first kappa shape index (κ1) is 22.5. The summed E-state index contributed by atoms with van der Waals surface area (Å²) in [5.41, 5.74) is 3.96. The minimum atomic E-state index is -0.167. The molecule has 0 aliphatic rings. The number of likely N-dealkylation sites (N-methyl/N-ethyl adjacent to an activating group) is 1. The quantitative estimate of drug-likeness (QED) is 0.359. The number of hydrogen-bond acceptors (Lipinski definition) is 4. The lowest BCUT2D eigenvalue weighted by Crippen LogP contribution is -2.28. The Balaban J connectivity index is 1.72. The standard InChI is InChI=1S/C24H32N2O3/c1-19(24(28)25-2)26-16-8-7-12-20-10-3-4-11-21(20)14-9-17-29-23-15-6-5-13-22(23)18-27/h3-6,10-11,13,15,26-27H,1,7-9,12,14,16-18H2,2H3,(H,25,28). The van der Waals surface area contributed by atoms with E-state index in [9.17, 15) is 9.90 Å². The SMILES string of the molecule is C=C(NCCCCc1ccccc1CCCOc1ccccc1CO)C(=O)NC. The zero-order chi connectivity index (χ0) is 20.9. The number of benzene rings is 2. The van der Waals surface area contributed by atoms with Crippen molar-refractivity contribution in [2.24, 2.45) is 0 Å². The van der Waals surface area contributed by atoms with Crippen molar-refractivity contribution in [2.75, 3.05) is 20.2 Å². The van der Waals surface area contributed by atoms with Crippen LogP contribution in [0, 0.1) is 0 Å². The van der Waals surface area contributed by atoms with Gasteiger partial charge in [0.25, 0.3) is 5.91 Å². The Morgan fingerprint density at radius 2 is 1.59 bits per heavy atom. The van der Waals surface area contributed by atoms with Crippen molar-refractivity contribution in [1.29, 1.82) is 0 Å². The molecule has 0 radical (unpaired) electrons. The average Bonchev–Trinajstić information content (AvgIpc) is 2.76. The van der Waals surface area contributed by atoms with Gasteiger partial charge in [-0.25, -0.2) is 0 Å². The normalized spacial score (nSPS) is 10.4. The molecule has 3 N–H and O–H groups in total. The van der Waals surface area contributed by atoms with E-state index in [1.54, 1.807) is 7.05 Å². The largest absolute Gasteiger partial charge is 0.493 e. The molecule has 1 amide bonds. The number of aryl methyl sites for hydroxylation is 2. The summed E-state index contributed by atoms with van der Waals surface area (Å²) in [5.74, 6) is 0.591. The molecule has 5 nitrogen and oxygen atoms in total. The molecule has 0 spiro atoms. The van der Waals surface area contributed by atoms with E-state index in [1.165, 1.54) is 11.1 Å². The third-order valence-electron chi connectivity index (χ3n) is 4.82. The van der Waals surface area contributed by atoms with Crippen LogP contribution >= 0.6 is 0 Å². The van der Waals surface area contributed by atoms with Gasteiger partial charge < -0.3 is 20.5 Å². The number of ether oxygens (including phenoxy) is 1. The second-order valence-electron chi connectivity index (χ2n) is 6.93. The van der Waals surface area contributed by atoms with Crippen LogP contribution in [0.2, 0.25) is 0 Å². The minimum Gasteiger partial charge on any atom is -0.493 e. The molecule has 0 fully saturated rings. The Kier molecular flexibility index (Phi) is 9.80. The van der Waals surface area contributed by atoms with Crippen LogP contribution < -0.4 is 15.4 Å². The topological polar surface area (TPSA) is 70.6 Å². The molecule has 2 aromatic carbocycles. The molecule has 2 aromatic rings. The van der Waals surface area contributed by atoms with Crippen LogP contribution in [-0.4, -0.2) is 31.2 Å². The number of hydrogen-bond donors (Lipinski definition) is 3. The fourth-order valence-electron chi connectivity index (χ4n) is 3.18. The molecule has 156 valence electrons. The van der Waals surface area contributed by atoms with E-state index in [2.05, 4.69) is 41.5 Å². The summed E-state index contributed by atoms with van der Waals surface area (Å²) in [6.45, 7) is 5.08. The van der Waals surface area contributed by atoms with Gasteiger partial charge in [-0.1, -0.05) is 49.0 Å². The number of carbonyl (C=O) groups is 1. The molecule has 2 rings (SSSR count). The first-order valence-corrected chi connectivity index (χ1v) is 10.2. The number of rotatable bonds is 13. The maximum absolute atomic E-state index is 11.4. The van der Waals surface area contributed by atoms with Crippen molar-refractivity contribution in [1.82, 2.24) is 10.6 Å². The van der Waals surface area contributed by atoms with Crippen LogP contribution in [0.1, 0.15) is 36.0 Å². The zero-order valence-corrected chi connectivity index (χ0v) is 17.2. The number of aliphatic hydroxyl groups excluding tert-OH is 1. The van der Waals surface area contributed by atoms with Gasteiger partial charge in [-0.05, 0) is 49.3 Å². The zero-order valence-electron chi connectivity index (χ0n) is 17.2. The van der Waals surface area contributed by atoms with E-state index >= 15 is 0 Å². The highest BCUT2D eigenvalue weighted by atomic mass is 16.5. The third kappa shape index (κ3) is 7.62. The molecule has 0 unspecified atom stereocenters. The van der Waals surface area contributed by atoms with Crippen molar-refractivity contribution in [3.63, 3.8) is 0 Å². The monoisotopic (exact) mass is 396 g/mol. The van der Waals surface area contributed by atoms with Gasteiger partial charge in [-0.15, -0.1) is 0 Å². The lowest BCUT2D eigenvalue weighted by Gasteiger charge is -2.12. The first-order valence-electron chi connectivity index (χ1n) is 10.2. The van der Waals surface area contributed by atoms with Crippen LogP contribution in [0.4, 0.5) is 0 Å². The molecular weight excluding hydrogens is 364 g/mol. The predicted molar refractivity (Wildman–Crippen MR) is 117 cm³/mol. The third-order valence-corrected chi connectivity index (χ3v) is 4.82. The summed E-state index contributed by atoms with van der Waals surface area (Å²) in [4.78, 5) is 11.4. The van der Waals surface area contributed by atoms with E-state index < -0.39 is 0 Å². The molecule has 0 aromatic heterocycles. The molecule has 0 atom stereocenters. The molecule has 0 bridgehead atoms. The molecular formula is C24H32N2O3. The van der Waals surface area contributed by atoms with Gasteiger partial charge in [0, 0.05) is 19.2 Å². The van der Waals surface area contributed by atoms with E-state index in [0.29, 0.717) is 12.3 Å². The lowest BCUT2D eigenvalue weighted by molar-refractivity contribution is -0.117. The fraction of sp³-hybridized carbons (Fsp3) is 0.375. The lowest BCUT2D eigenvalue weighted by atomic mass is 9.98. The molecule has 0 aliphatic heterocycles. The Hall–Kier alpha value is -2.79. The highest BCUT2D eigenvalue weighted by molar-refractivity contribution is 5.91. The van der Waals surface area contributed by atoms with Crippen molar-refractivity contribution in [2.45, 2.75) is 38.7 Å². The Morgan fingerprint density at radius 3 is 2.24 bits per heavy atom. The van der Waals surface area contributed by atoms with Crippen LogP contribution in [0.15, 0.2) is 60.8 Å². The van der Waals surface area contributed by atoms with Gasteiger partial charge in [0.2, 0.25) is 0 Å². The summed E-state index contributed by atoms with van der Waals surface area (Å²) in [5, 5.41) is 15.0. The summed E-state index contributed by atoms with van der Waals surface area (Å²) in [6, 6.07) is 16.1. The second kappa shape index (κ2) is 12.6. The average molecular weight is 397 g/mol. The number of carbonyl (C=O) groups excluding carboxylic acids is 1. The van der Waals surface area contributed by atoms with Crippen LogP contribution in [0.25, 0.3) is 0 Å². The molecule has 5 heteroatoms. The Labute approximate surface area is 173 Å². The van der Waals surface area contributed by atoms with Crippen LogP contribution in [-0.2, 0) is 24.2 Å². The molecule has 0 heterocycles. The predicted octanol–water partition coefficient (Wildman–Crippen LogP) is 3.36. The van der Waals surface area contributed by atoms with E-state index in [1.807, 2.05) is 24.3 Å². The van der Waals surface area contributed by atoms with Crippen molar-refractivity contribution < 1.29 is 14.6 Å². The summed E-state index contributed by atoms with van der Waals surface area (Å²) < 4.78 is 5.84. The fourth-order valence-corrected chi connectivity index (χ4v) is 3.18. The first-order chi connectivity index (χ1) is 14.2. The minimum absolute atomic E-state index is 0.00960. The summed E-state index contributed by atoms with van der Waals surface area (Å²) in [7, 11) is 1.60.